The molecule has 1 heterocycles. The third-order valence-electron chi connectivity index (χ3n) is 4.65. The number of hydrogen-bond donors (Lipinski definition) is 1. The number of amides is 2. The summed E-state index contributed by atoms with van der Waals surface area (Å²) in [5.74, 6) is 0.709. The third kappa shape index (κ3) is 5.64. The smallest absolute Gasteiger partial charge is 0.317 e. The molecule has 0 atom stereocenters. The van der Waals surface area contributed by atoms with Crippen LogP contribution in [0.3, 0.4) is 0 Å². The van der Waals surface area contributed by atoms with Crippen molar-refractivity contribution in [3.8, 4) is 5.75 Å². The summed E-state index contributed by atoms with van der Waals surface area (Å²) in [6, 6.07) is 6.01. The number of nitrogens with one attached hydrogen (secondary N) is 1. The quantitative estimate of drug-likeness (QED) is 0.598. The summed E-state index contributed by atoms with van der Waals surface area (Å²) in [6.45, 7) is 8.60. The minimum atomic E-state index is -0.142. The van der Waals surface area contributed by atoms with Gasteiger partial charge in [0, 0.05) is 19.6 Å². The summed E-state index contributed by atoms with van der Waals surface area (Å²) in [5, 5.41) is 2.93. The summed E-state index contributed by atoms with van der Waals surface area (Å²) < 4.78 is 10.9. The SMILES string of the molecule is CCOC(=O)C1CCN(C(=O)NCCCOc2c(C)cccc2C)CC1. The summed E-state index contributed by atoms with van der Waals surface area (Å²) in [5.41, 5.74) is 2.25. The van der Waals surface area contributed by atoms with Crippen LogP contribution in [0.1, 0.15) is 37.3 Å². The highest BCUT2D eigenvalue weighted by Gasteiger charge is 2.27. The van der Waals surface area contributed by atoms with E-state index < -0.39 is 0 Å². The lowest BCUT2D eigenvalue weighted by atomic mass is 9.97. The van der Waals surface area contributed by atoms with E-state index in [9.17, 15) is 9.59 Å². The lowest BCUT2D eigenvalue weighted by molar-refractivity contribution is -0.149. The first kappa shape index (κ1) is 20.1. The van der Waals surface area contributed by atoms with Gasteiger partial charge in [-0.15, -0.1) is 0 Å². The van der Waals surface area contributed by atoms with Gasteiger partial charge in [-0.05, 0) is 51.2 Å². The molecule has 1 fully saturated rings. The minimum Gasteiger partial charge on any atom is -0.493 e. The number of benzene rings is 1. The highest BCUT2D eigenvalue weighted by Crippen LogP contribution is 2.22. The number of aryl methyl sites for hydroxylation is 2. The number of ether oxygens (including phenoxy) is 2. The maximum Gasteiger partial charge on any atom is 0.317 e. The van der Waals surface area contributed by atoms with Gasteiger partial charge in [0.15, 0.2) is 0 Å². The standard InChI is InChI=1S/C20H30N2O4/c1-4-25-19(23)17-9-12-22(13-10-17)20(24)21-11-6-14-26-18-15(2)7-5-8-16(18)3/h5,7-8,17H,4,6,9-14H2,1-3H3,(H,21,24). The normalized spacial score (nSPS) is 14.8. The van der Waals surface area contributed by atoms with Gasteiger partial charge in [0.05, 0.1) is 19.1 Å². The molecule has 0 spiro atoms. The number of urea groups is 1. The molecule has 1 aliphatic rings. The Labute approximate surface area is 155 Å². The van der Waals surface area contributed by atoms with Crippen molar-refractivity contribution in [2.45, 2.75) is 40.0 Å². The zero-order valence-electron chi connectivity index (χ0n) is 16.0. The van der Waals surface area contributed by atoms with Crippen molar-refractivity contribution in [1.29, 1.82) is 0 Å². The largest absolute Gasteiger partial charge is 0.493 e. The van der Waals surface area contributed by atoms with E-state index in [1.54, 1.807) is 4.90 Å². The molecule has 1 saturated heterocycles. The first-order valence-corrected chi connectivity index (χ1v) is 9.41. The van der Waals surface area contributed by atoms with Crippen LogP contribution in [-0.2, 0) is 9.53 Å². The predicted octanol–water partition coefficient (Wildman–Crippen LogP) is 3.06. The highest BCUT2D eigenvalue weighted by molar-refractivity contribution is 5.76. The highest BCUT2D eigenvalue weighted by atomic mass is 16.5. The lowest BCUT2D eigenvalue weighted by Crippen LogP contribution is -2.46. The molecule has 1 N–H and O–H groups in total. The number of nitrogens with zero attached hydrogens (tertiary/aromatic N) is 1. The average molecular weight is 362 g/mol. The zero-order chi connectivity index (χ0) is 18.9. The van der Waals surface area contributed by atoms with Gasteiger partial charge >= 0.3 is 12.0 Å². The number of hydrogen-bond acceptors (Lipinski definition) is 4. The molecule has 0 unspecified atom stereocenters. The van der Waals surface area contributed by atoms with Crippen LogP contribution in [0.25, 0.3) is 0 Å². The second-order valence-electron chi connectivity index (χ2n) is 6.67. The van der Waals surface area contributed by atoms with E-state index in [0.717, 1.165) is 23.3 Å². The van der Waals surface area contributed by atoms with Gasteiger partial charge in [-0.3, -0.25) is 4.79 Å². The molecule has 26 heavy (non-hydrogen) atoms. The first-order valence-electron chi connectivity index (χ1n) is 9.41. The Kier molecular flexibility index (Phi) is 7.75. The number of para-hydroxylation sites is 1. The van der Waals surface area contributed by atoms with Crippen LogP contribution in [0.4, 0.5) is 4.79 Å². The van der Waals surface area contributed by atoms with E-state index in [4.69, 9.17) is 9.47 Å². The van der Waals surface area contributed by atoms with E-state index in [1.807, 2.05) is 39.0 Å². The molecule has 0 bridgehead atoms. The van der Waals surface area contributed by atoms with Crippen LogP contribution in [0.2, 0.25) is 0 Å². The van der Waals surface area contributed by atoms with Crippen molar-refractivity contribution in [1.82, 2.24) is 10.2 Å². The van der Waals surface area contributed by atoms with Gasteiger partial charge in [-0.25, -0.2) is 4.79 Å². The Morgan fingerprint density at radius 3 is 2.46 bits per heavy atom. The van der Waals surface area contributed by atoms with E-state index in [0.29, 0.717) is 45.7 Å². The van der Waals surface area contributed by atoms with Crippen molar-refractivity contribution in [3.63, 3.8) is 0 Å². The number of piperidine rings is 1. The Bertz CT molecular complexity index is 590. The summed E-state index contributed by atoms with van der Waals surface area (Å²) >= 11 is 0. The predicted molar refractivity (Wildman–Crippen MR) is 100 cm³/mol. The van der Waals surface area contributed by atoms with E-state index in [2.05, 4.69) is 5.32 Å². The molecule has 0 radical (unpaired) electrons. The van der Waals surface area contributed by atoms with Crippen LogP contribution in [-0.4, -0.2) is 49.7 Å². The van der Waals surface area contributed by atoms with Crippen molar-refractivity contribution >= 4 is 12.0 Å². The van der Waals surface area contributed by atoms with Gasteiger partial charge in [-0.1, -0.05) is 18.2 Å². The average Bonchev–Trinajstić information content (AvgIpc) is 2.63. The fourth-order valence-corrected chi connectivity index (χ4v) is 3.16. The maximum absolute atomic E-state index is 12.2. The molecule has 6 heteroatoms. The lowest BCUT2D eigenvalue weighted by Gasteiger charge is -2.30. The number of rotatable bonds is 7. The number of carbonyl (C=O) groups excluding carboxylic acids is 2. The van der Waals surface area contributed by atoms with E-state index in [-0.39, 0.29) is 17.9 Å². The fraction of sp³-hybridized carbons (Fsp3) is 0.600. The third-order valence-corrected chi connectivity index (χ3v) is 4.65. The Balaban J connectivity index is 1.63. The molecule has 2 amide bonds. The monoisotopic (exact) mass is 362 g/mol. The molecule has 6 nitrogen and oxygen atoms in total. The number of likely N-dealkylation sites (tertiary alicyclic amines) is 1. The molecule has 2 rings (SSSR count). The molecular formula is C20H30N2O4. The minimum absolute atomic E-state index is 0.0700. The van der Waals surface area contributed by atoms with Crippen molar-refractivity contribution in [3.05, 3.63) is 29.3 Å². The van der Waals surface area contributed by atoms with Crippen molar-refractivity contribution in [2.75, 3.05) is 32.8 Å². The van der Waals surface area contributed by atoms with Gasteiger partial charge in [0.2, 0.25) is 0 Å². The summed E-state index contributed by atoms with van der Waals surface area (Å²) in [6.07, 6.45) is 2.09. The fourth-order valence-electron chi connectivity index (χ4n) is 3.16. The summed E-state index contributed by atoms with van der Waals surface area (Å²) in [4.78, 5) is 25.7. The van der Waals surface area contributed by atoms with E-state index in [1.165, 1.54) is 0 Å². The Morgan fingerprint density at radius 1 is 1.19 bits per heavy atom. The second kappa shape index (κ2) is 10.0. The number of carbonyl (C=O) groups is 2. The van der Waals surface area contributed by atoms with Gasteiger partial charge < -0.3 is 19.7 Å². The Morgan fingerprint density at radius 2 is 1.85 bits per heavy atom. The van der Waals surface area contributed by atoms with Gasteiger partial charge in [-0.2, -0.15) is 0 Å². The van der Waals surface area contributed by atoms with E-state index >= 15 is 0 Å². The van der Waals surface area contributed by atoms with Gasteiger partial charge in [0.1, 0.15) is 5.75 Å². The number of esters is 1. The molecule has 1 aromatic rings. The van der Waals surface area contributed by atoms with Crippen LogP contribution in [0, 0.1) is 19.8 Å². The molecule has 0 aliphatic carbocycles. The maximum atomic E-state index is 12.2. The van der Waals surface area contributed by atoms with Crippen molar-refractivity contribution in [2.24, 2.45) is 5.92 Å². The zero-order valence-corrected chi connectivity index (χ0v) is 16.0. The molecule has 1 aromatic carbocycles. The molecule has 144 valence electrons. The molecular weight excluding hydrogens is 332 g/mol. The van der Waals surface area contributed by atoms with Crippen molar-refractivity contribution < 1.29 is 19.1 Å². The van der Waals surface area contributed by atoms with Crippen LogP contribution in [0.15, 0.2) is 18.2 Å². The molecule has 0 saturated carbocycles. The van der Waals surface area contributed by atoms with Crippen LogP contribution in [0.5, 0.6) is 5.75 Å². The van der Waals surface area contributed by atoms with Crippen LogP contribution < -0.4 is 10.1 Å². The molecule has 1 aliphatic heterocycles. The first-order chi connectivity index (χ1) is 12.5. The molecule has 0 aromatic heterocycles. The second-order valence-corrected chi connectivity index (χ2v) is 6.67. The Hall–Kier alpha value is -2.24. The van der Waals surface area contributed by atoms with Crippen LogP contribution >= 0.6 is 0 Å². The van der Waals surface area contributed by atoms with Gasteiger partial charge in [0.25, 0.3) is 0 Å². The summed E-state index contributed by atoms with van der Waals surface area (Å²) in [7, 11) is 0. The topological polar surface area (TPSA) is 67.9 Å².